The zero-order chi connectivity index (χ0) is 28.3. The largest absolute Gasteiger partial charge is 0.445 e. The first-order chi connectivity index (χ1) is 19.9. The molecule has 1 saturated heterocycles. The zero-order valence-electron chi connectivity index (χ0n) is 22.2. The topological polar surface area (TPSA) is 131 Å². The molecule has 2 aromatic carbocycles. The monoisotopic (exact) mass is 554 g/mol. The fourth-order valence-electron chi connectivity index (χ4n) is 4.93. The van der Waals surface area contributed by atoms with Crippen molar-refractivity contribution in [2.24, 2.45) is 7.05 Å². The Balaban J connectivity index is 1.12. The van der Waals surface area contributed by atoms with Crippen LogP contribution in [0.3, 0.4) is 0 Å². The van der Waals surface area contributed by atoms with Gasteiger partial charge in [0.2, 0.25) is 0 Å². The molecule has 2 amide bonds. The zero-order valence-corrected chi connectivity index (χ0v) is 22.2. The van der Waals surface area contributed by atoms with Crippen molar-refractivity contribution in [3.8, 4) is 11.1 Å². The molecule has 208 valence electrons. The van der Waals surface area contributed by atoms with Gasteiger partial charge in [0.25, 0.3) is 5.91 Å². The van der Waals surface area contributed by atoms with Crippen molar-refractivity contribution in [3.63, 3.8) is 0 Å². The summed E-state index contributed by atoms with van der Waals surface area (Å²) in [7, 11) is 1.79. The van der Waals surface area contributed by atoms with Crippen LogP contribution in [0.1, 0.15) is 39.8 Å². The van der Waals surface area contributed by atoms with Gasteiger partial charge in [-0.25, -0.2) is 24.1 Å². The Morgan fingerprint density at radius 2 is 1.98 bits per heavy atom. The molecule has 4 heterocycles. The number of carbonyl (C=O) groups excluding carboxylic acids is 2. The van der Waals surface area contributed by atoms with Gasteiger partial charge in [0.15, 0.2) is 11.3 Å². The highest BCUT2D eigenvalue weighted by molar-refractivity contribution is 6.02. The summed E-state index contributed by atoms with van der Waals surface area (Å²) in [4.78, 5) is 43.5. The number of aromatic nitrogens is 6. The highest BCUT2D eigenvalue weighted by Gasteiger charge is 2.31. The molecule has 0 aliphatic carbocycles. The van der Waals surface area contributed by atoms with Gasteiger partial charge in [-0.15, -0.1) is 0 Å². The maximum Gasteiger partial charge on any atom is 0.410 e. The van der Waals surface area contributed by atoms with Crippen LogP contribution in [0.4, 0.5) is 9.18 Å². The van der Waals surface area contributed by atoms with Crippen molar-refractivity contribution in [2.45, 2.75) is 25.5 Å². The molecule has 12 heteroatoms. The van der Waals surface area contributed by atoms with Gasteiger partial charge in [0.05, 0.1) is 6.20 Å². The Morgan fingerprint density at radius 1 is 1.12 bits per heavy atom. The minimum atomic E-state index is -0.447. The van der Waals surface area contributed by atoms with Gasteiger partial charge in [-0.1, -0.05) is 30.3 Å². The Labute approximate surface area is 234 Å². The Hall–Kier alpha value is -5.13. The molecule has 11 nitrogen and oxygen atoms in total. The number of amides is 2. The van der Waals surface area contributed by atoms with E-state index in [0.717, 1.165) is 11.1 Å². The molecule has 0 bridgehead atoms. The smallest absolute Gasteiger partial charge is 0.410 e. The third-order valence-corrected chi connectivity index (χ3v) is 7.01. The second-order valence-electron chi connectivity index (χ2n) is 9.95. The van der Waals surface area contributed by atoms with E-state index in [4.69, 9.17) is 4.74 Å². The number of H-pyrrole nitrogens is 1. The molecule has 3 aromatic heterocycles. The van der Waals surface area contributed by atoms with Gasteiger partial charge in [-0.2, -0.15) is 5.10 Å². The van der Waals surface area contributed by atoms with E-state index in [-0.39, 0.29) is 30.9 Å². The second kappa shape index (κ2) is 11.2. The molecule has 1 fully saturated rings. The SMILES string of the molecule is Cn1cc(-c2cc(F)cc(CNC(=O)c3ncnc4nc(C5CCN(C(=O)OCc6ccccc6)C5)[nH]c34)c2)cn1. The van der Waals surface area contributed by atoms with E-state index in [1.54, 1.807) is 35.1 Å². The number of aromatic amines is 1. The molecule has 1 unspecified atom stereocenters. The number of carbonyl (C=O) groups is 2. The highest BCUT2D eigenvalue weighted by atomic mass is 19.1. The predicted molar refractivity (Wildman–Crippen MR) is 147 cm³/mol. The highest BCUT2D eigenvalue weighted by Crippen LogP contribution is 2.28. The van der Waals surface area contributed by atoms with Crippen molar-refractivity contribution < 1.29 is 18.7 Å². The molecular formula is C29H27FN8O3. The van der Waals surface area contributed by atoms with Crippen molar-refractivity contribution in [3.05, 3.63) is 95.7 Å². The lowest BCUT2D eigenvalue weighted by molar-refractivity contribution is 0.0947. The van der Waals surface area contributed by atoms with Crippen LogP contribution in [0, 0.1) is 5.82 Å². The summed E-state index contributed by atoms with van der Waals surface area (Å²) in [5, 5.41) is 6.95. The van der Waals surface area contributed by atoms with E-state index >= 15 is 0 Å². The lowest BCUT2D eigenvalue weighted by Gasteiger charge is -2.16. The summed E-state index contributed by atoms with van der Waals surface area (Å²) < 4.78 is 21.4. The van der Waals surface area contributed by atoms with Crippen LogP contribution >= 0.6 is 0 Å². The number of nitrogens with zero attached hydrogens (tertiary/aromatic N) is 6. The van der Waals surface area contributed by atoms with Gasteiger partial charge in [-0.05, 0) is 41.3 Å². The van der Waals surface area contributed by atoms with Crippen molar-refractivity contribution in [1.29, 1.82) is 0 Å². The van der Waals surface area contributed by atoms with Crippen LogP contribution < -0.4 is 5.32 Å². The molecule has 0 saturated carbocycles. The van der Waals surface area contributed by atoms with E-state index in [9.17, 15) is 14.0 Å². The Morgan fingerprint density at radius 3 is 2.78 bits per heavy atom. The summed E-state index contributed by atoms with van der Waals surface area (Å²) in [6, 6.07) is 14.1. The number of hydrogen-bond acceptors (Lipinski definition) is 7. The molecule has 0 spiro atoms. The lowest BCUT2D eigenvalue weighted by atomic mass is 10.1. The summed E-state index contributed by atoms with van der Waals surface area (Å²) in [6.45, 7) is 1.27. The first-order valence-electron chi connectivity index (χ1n) is 13.2. The van der Waals surface area contributed by atoms with E-state index < -0.39 is 11.7 Å². The van der Waals surface area contributed by atoms with Crippen molar-refractivity contribution in [1.82, 2.24) is 39.9 Å². The van der Waals surface area contributed by atoms with Crippen molar-refractivity contribution >= 4 is 23.2 Å². The standard InChI is InChI=1S/C29H27FN8O3/c1-37-14-22(13-34-37)21-9-19(10-23(30)11-21)12-31-28(39)25-24-27(33-17-32-25)36-26(35-24)20-7-8-38(15-20)29(40)41-16-18-5-3-2-4-6-18/h2-6,9-11,13-14,17,20H,7-8,12,15-16H2,1H3,(H,31,39)(H,32,33,35,36). The number of hydrogen-bond donors (Lipinski definition) is 2. The van der Waals surface area contributed by atoms with Gasteiger partial charge in [0.1, 0.15) is 30.1 Å². The first kappa shape index (κ1) is 26.1. The summed E-state index contributed by atoms with van der Waals surface area (Å²) >= 11 is 0. The normalized spacial score (nSPS) is 14.9. The average Bonchev–Trinajstić information content (AvgIpc) is 3.74. The van der Waals surface area contributed by atoms with Gasteiger partial charge < -0.3 is 19.9 Å². The fourth-order valence-corrected chi connectivity index (χ4v) is 4.93. The molecule has 41 heavy (non-hydrogen) atoms. The van der Waals surface area contributed by atoms with E-state index in [2.05, 4.69) is 30.4 Å². The summed E-state index contributed by atoms with van der Waals surface area (Å²) in [5.74, 6) is -0.299. The molecule has 0 radical (unpaired) electrons. The Kier molecular flexibility index (Phi) is 7.11. The molecule has 2 N–H and O–H groups in total. The number of ether oxygens (including phenoxy) is 1. The minimum Gasteiger partial charge on any atom is -0.445 e. The lowest BCUT2D eigenvalue weighted by Crippen LogP contribution is -2.29. The maximum absolute atomic E-state index is 14.3. The number of likely N-dealkylation sites (tertiary alicyclic amines) is 1. The number of halogens is 1. The first-order valence-corrected chi connectivity index (χ1v) is 13.2. The van der Waals surface area contributed by atoms with Crippen LogP contribution in [0.2, 0.25) is 0 Å². The van der Waals surface area contributed by atoms with Crippen LogP contribution in [0.25, 0.3) is 22.3 Å². The molecule has 6 rings (SSSR count). The predicted octanol–water partition coefficient (Wildman–Crippen LogP) is 3.95. The number of rotatable bonds is 7. The third-order valence-electron chi connectivity index (χ3n) is 7.01. The molecule has 1 atom stereocenters. The maximum atomic E-state index is 14.3. The van der Waals surface area contributed by atoms with Crippen molar-refractivity contribution in [2.75, 3.05) is 13.1 Å². The van der Waals surface area contributed by atoms with Crippen LogP contribution in [-0.4, -0.2) is 59.7 Å². The Bertz CT molecular complexity index is 1720. The fraction of sp³-hybridized carbons (Fsp3) is 0.241. The van der Waals surface area contributed by atoms with Gasteiger partial charge in [-0.3, -0.25) is 9.48 Å². The van der Waals surface area contributed by atoms with Gasteiger partial charge >= 0.3 is 6.09 Å². The number of imidazole rings is 1. The summed E-state index contributed by atoms with van der Waals surface area (Å²) in [5.41, 5.74) is 3.85. The average molecular weight is 555 g/mol. The van der Waals surface area contributed by atoms with E-state index in [0.29, 0.717) is 47.6 Å². The number of benzene rings is 2. The number of fused-ring (bicyclic) bond motifs is 1. The van der Waals surface area contributed by atoms with E-state index in [1.807, 2.05) is 30.3 Å². The van der Waals surface area contributed by atoms with E-state index in [1.165, 1.54) is 18.5 Å². The number of aryl methyl sites for hydroxylation is 1. The molecule has 5 aromatic rings. The second-order valence-corrected chi connectivity index (χ2v) is 9.95. The summed E-state index contributed by atoms with van der Waals surface area (Å²) in [6.07, 6.45) is 5.04. The van der Waals surface area contributed by atoms with Crippen LogP contribution in [0.5, 0.6) is 0 Å². The molecular weight excluding hydrogens is 527 g/mol. The molecule has 1 aliphatic heterocycles. The van der Waals surface area contributed by atoms with Gasteiger partial charge in [0, 0.05) is 44.4 Å². The van der Waals surface area contributed by atoms with Crippen LogP contribution in [0.15, 0.2) is 67.3 Å². The quantitative estimate of drug-likeness (QED) is 0.312. The minimum absolute atomic E-state index is 0.0671. The van der Waals surface area contributed by atoms with Crippen LogP contribution in [-0.2, 0) is 24.9 Å². The number of nitrogens with one attached hydrogen (secondary N) is 2. The third kappa shape index (κ3) is 5.76. The molecule has 1 aliphatic rings.